The highest BCUT2D eigenvalue weighted by Gasteiger charge is 2.32. The molecule has 156 valence electrons. The van der Waals surface area contributed by atoms with Crippen LogP contribution in [-0.2, 0) is 31.6 Å². The van der Waals surface area contributed by atoms with Gasteiger partial charge in [0.1, 0.15) is 6.54 Å². The quantitative estimate of drug-likeness (QED) is 0.631. The van der Waals surface area contributed by atoms with Crippen molar-refractivity contribution in [2.45, 2.75) is 12.7 Å². The topological polar surface area (TPSA) is 90.9 Å². The van der Waals surface area contributed by atoms with Crippen LogP contribution in [0.5, 0.6) is 0 Å². The molecule has 0 unspecified atom stereocenters. The fourth-order valence-electron chi connectivity index (χ4n) is 2.85. The van der Waals surface area contributed by atoms with Gasteiger partial charge in [0.2, 0.25) is 5.91 Å². The minimum absolute atomic E-state index is 0.0833. The molecular formula is C19H16F3N5O3. The maximum absolute atomic E-state index is 12.9. The van der Waals surface area contributed by atoms with Gasteiger partial charge in [-0.05, 0) is 12.1 Å². The first-order valence-corrected chi connectivity index (χ1v) is 8.64. The van der Waals surface area contributed by atoms with Gasteiger partial charge in [0.15, 0.2) is 11.2 Å². The minimum Gasteiger partial charge on any atom is -0.344 e. The van der Waals surface area contributed by atoms with Gasteiger partial charge in [-0.2, -0.15) is 13.2 Å². The number of carbonyl (C=O) groups is 1. The van der Waals surface area contributed by atoms with Crippen molar-refractivity contribution in [1.29, 1.82) is 0 Å². The van der Waals surface area contributed by atoms with Gasteiger partial charge in [-0.15, -0.1) is 0 Å². The van der Waals surface area contributed by atoms with Crippen molar-refractivity contribution in [3.05, 3.63) is 62.6 Å². The molecule has 0 aliphatic heterocycles. The normalized spacial score (nSPS) is 11.2. The highest BCUT2D eigenvalue weighted by Crippen LogP contribution is 2.31. The van der Waals surface area contributed by atoms with Crippen molar-refractivity contribution in [3.8, 4) is 11.8 Å². The SMILES string of the molecule is Cn1c(=O)c2c(ncn2CC(=O)NCC#Cc2ccccc2C(F)(F)F)n(C)c1=O. The van der Waals surface area contributed by atoms with E-state index in [1.165, 1.54) is 47.8 Å². The van der Waals surface area contributed by atoms with E-state index < -0.39 is 28.9 Å². The molecule has 0 fully saturated rings. The Labute approximate surface area is 167 Å². The fraction of sp³-hybridized carbons (Fsp3) is 0.263. The lowest BCUT2D eigenvalue weighted by molar-refractivity contribution is -0.137. The Morgan fingerprint density at radius 1 is 1.17 bits per heavy atom. The third kappa shape index (κ3) is 3.98. The summed E-state index contributed by atoms with van der Waals surface area (Å²) in [6.07, 6.45) is -3.26. The Bertz CT molecular complexity index is 1310. The number of carbonyl (C=O) groups excluding carboxylic acids is 1. The predicted octanol–water partition coefficient (Wildman–Crippen LogP) is 0.620. The summed E-state index contributed by atoms with van der Waals surface area (Å²) in [5.41, 5.74) is -1.96. The molecule has 0 aliphatic rings. The van der Waals surface area contributed by atoms with Gasteiger partial charge in [-0.3, -0.25) is 18.7 Å². The molecule has 2 heterocycles. The number of aryl methyl sites for hydroxylation is 1. The Morgan fingerprint density at radius 2 is 1.87 bits per heavy atom. The number of fused-ring (bicyclic) bond motifs is 1. The van der Waals surface area contributed by atoms with Crippen LogP contribution in [0.1, 0.15) is 11.1 Å². The first-order valence-electron chi connectivity index (χ1n) is 8.64. The molecule has 0 bridgehead atoms. The summed E-state index contributed by atoms with van der Waals surface area (Å²) in [5.74, 6) is 4.36. The zero-order valence-corrected chi connectivity index (χ0v) is 15.9. The number of imidazole rings is 1. The van der Waals surface area contributed by atoms with E-state index in [-0.39, 0.29) is 29.8 Å². The van der Waals surface area contributed by atoms with Crippen molar-refractivity contribution in [3.63, 3.8) is 0 Å². The summed E-state index contributed by atoms with van der Waals surface area (Å²) in [4.78, 5) is 40.4. The lowest BCUT2D eigenvalue weighted by Gasteiger charge is -2.08. The van der Waals surface area contributed by atoms with Crippen LogP contribution in [-0.4, -0.2) is 31.1 Å². The Hall–Kier alpha value is -3.81. The van der Waals surface area contributed by atoms with E-state index in [9.17, 15) is 27.6 Å². The van der Waals surface area contributed by atoms with Crippen molar-refractivity contribution in [2.75, 3.05) is 6.54 Å². The third-order valence-electron chi connectivity index (χ3n) is 4.36. The number of aromatic nitrogens is 4. The maximum Gasteiger partial charge on any atom is 0.417 e. The number of halogens is 3. The molecule has 1 N–H and O–H groups in total. The van der Waals surface area contributed by atoms with Gasteiger partial charge in [0.25, 0.3) is 5.56 Å². The molecule has 30 heavy (non-hydrogen) atoms. The monoisotopic (exact) mass is 419 g/mol. The van der Waals surface area contributed by atoms with Gasteiger partial charge in [0, 0.05) is 19.7 Å². The molecule has 1 aromatic carbocycles. The molecule has 0 atom stereocenters. The lowest BCUT2D eigenvalue weighted by Crippen LogP contribution is -2.38. The van der Waals surface area contributed by atoms with Crippen molar-refractivity contribution in [2.24, 2.45) is 14.1 Å². The second-order valence-electron chi connectivity index (χ2n) is 6.37. The Kier molecular flexibility index (Phi) is 5.51. The summed E-state index contributed by atoms with van der Waals surface area (Å²) in [6, 6.07) is 4.89. The number of hydrogen-bond donors (Lipinski definition) is 1. The van der Waals surface area contributed by atoms with E-state index in [1.54, 1.807) is 0 Å². The zero-order chi connectivity index (χ0) is 22.1. The summed E-state index contributed by atoms with van der Waals surface area (Å²) < 4.78 is 42.2. The van der Waals surface area contributed by atoms with Gasteiger partial charge in [0.05, 0.1) is 18.4 Å². The number of nitrogens with one attached hydrogen (secondary N) is 1. The predicted molar refractivity (Wildman–Crippen MR) is 102 cm³/mol. The minimum atomic E-state index is -4.52. The van der Waals surface area contributed by atoms with Crippen LogP contribution >= 0.6 is 0 Å². The molecule has 11 heteroatoms. The van der Waals surface area contributed by atoms with E-state index in [4.69, 9.17) is 0 Å². The first-order chi connectivity index (χ1) is 14.1. The molecule has 3 rings (SSSR count). The molecule has 8 nitrogen and oxygen atoms in total. The average molecular weight is 419 g/mol. The molecule has 1 amide bonds. The Morgan fingerprint density at radius 3 is 2.57 bits per heavy atom. The van der Waals surface area contributed by atoms with Gasteiger partial charge in [-0.25, -0.2) is 9.78 Å². The van der Waals surface area contributed by atoms with Gasteiger partial charge in [-0.1, -0.05) is 24.0 Å². The molecule has 0 spiro atoms. The molecule has 0 aliphatic carbocycles. The van der Waals surface area contributed by atoms with Crippen LogP contribution < -0.4 is 16.6 Å². The number of nitrogens with zero attached hydrogens (tertiary/aromatic N) is 4. The van der Waals surface area contributed by atoms with Crippen LogP contribution in [0.4, 0.5) is 13.2 Å². The van der Waals surface area contributed by atoms with Crippen LogP contribution in [0.25, 0.3) is 11.2 Å². The number of alkyl halides is 3. The summed E-state index contributed by atoms with van der Waals surface area (Å²) in [6.45, 7) is -0.459. The number of amides is 1. The zero-order valence-electron chi connectivity index (χ0n) is 15.9. The molecular weight excluding hydrogens is 403 g/mol. The van der Waals surface area contributed by atoms with Crippen molar-refractivity contribution < 1.29 is 18.0 Å². The summed E-state index contributed by atoms with van der Waals surface area (Å²) >= 11 is 0. The van der Waals surface area contributed by atoms with Crippen molar-refractivity contribution in [1.82, 2.24) is 24.0 Å². The van der Waals surface area contributed by atoms with Gasteiger partial charge >= 0.3 is 11.9 Å². The van der Waals surface area contributed by atoms with E-state index in [2.05, 4.69) is 22.1 Å². The first kappa shape index (κ1) is 20.9. The second kappa shape index (κ2) is 7.90. The molecule has 2 aromatic heterocycles. The highest BCUT2D eigenvalue weighted by molar-refractivity contribution is 5.79. The van der Waals surface area contributed by atoms with Crippen LogP contribution in [0.2, 0.25) is 0 Å². The molecule has 3 aromatic rings. The lowest BCUT2D eigenvalue weighted by atomic mass is 10.1. The number of rotatable bonds is 3. The molecule has 0 radical (unpaired) electrons. The van der Waals surface area contributed by atoms with Crippen LogP contribution in [0, 0.1) is 11.8 Å². The maximum atomic E-state index is 12.9. The molecule has 0 saturated carbocycles. The van der Waals surface area contributed by atoms with E-state index >= 15 is 0 Å². The summed E-state index contributed by atoms with van der Waals surface area (Å²) in [7, 11) is 2.77. The third-order valence-corrected chi connectivity index (χ3v) is 4.36. The van der Waals surface area contributed by atoms with Gasteiger partial charge < -0.3 is 9.88 Å². The number of hydrogen-bond acceptors (Lipinski definition) is 4. The largest absolute Gasteiger partial charge is 0.417 e. The average Bonchev–Trinajstić information content (AvgIpc) is 3.11. The fourth-order valence-corrected chi connectivity index (χ4v) is 2.85. The Balaban J connectivity index is 1.73. The second-order valence-corrected chi connectivity index (χ2v) is 6.37. The van der Waals surface area contributed by atoms with E-state index in [0.29, 0.717) is 0 Å². The van der Waals surface area contributed by atoms with Crippen LogP contribution in [0.15, 0.2) is 40.2 Å². The van der Waals surface area contributed by atoms with E-state index in [0.717, 1.165) is 10.6 Å². The smallest absolute Gasteiger partial charge is 0.344 e. The highest BCUT2D eigenvalue weighted by atomic mass is 19.4. The summed E-state index contributed by atoms with van der Waals surface area (Å²) in [5, 5.41) is 2.45. The van der Waals surface area contributed by atoms with Crippen LogP contribution in [0.3, 0.4) is 0 Å². The standard InChI is InChI=1S/C19H16F3N5O3/c1-25-16-15(17(29)26(2)18(25)30)27(11-24-16)10-14(28)23-9-5-7-12-6-3-4-8-13(12)19(20,21)22/h3-4,6,8,11H,9-10H2,1-2H3,(H,23,28). The van der Waals surface area contributed by atoms with E-state index in [1.807, 2.05) is 0 Å². The number of benzene rings is 1. The molecule has 0 saturated heterocycles. The van der Waals surface area contributed by atoms with Crippen molar-refractivity contribution >= 4 is 17.1 Å².